The third-order valence-corrected chi connectivity index (χ3v) is 6.82. The Morgan fingerprint density at radius 2 is 2.03 bits per heavy atom. The van der Waals surface area contributed by atoms with Gasteiger partial charge in [-0.3, -0.25) is 4.98 Å². The van der Waals surface area contributed by atoms with Crippen molar-refractivity contribution in [1.29, 1.82) is 0 Å². The number of halogens is 1. The van der Waals surface area contributed by atoms with Gasteiger partial charge in [0, 0.05) is 35.5 Å². The van der Waals surface area contributed by atoms with Gasteiger partial charge in [-0.15, -0.1) is 0 Å². The lowest BCUT2D eigenvalue weighted by Gasteiger charge is -2.49. The third-order valence-electron chi connectivity index (χ3n) is 6.62. The van der Waals surface area contributed by atoms with Crippen LogP contribution < -0.4 is 10.5 Å². The van der Waals surface area contributed by atoms with E-state index in [1.165, 1.54) is 0 Å². The van der Waals surface area contributed by atoms with E-state index in [0.29, 0.717) is 17.7 Å². The Hall–Kier alpha value is -2.31. The van der Waals surface area contributed by atoms with Gasteiger partial charge in [0.1, 0.15) is 24.0 Å². The standard InChI is InChI=1S/C22H25ClN4O2/c1-27(2)16-4-6-20-18(9-16)22(12-28-21(24)26-22)17-8-13(3-5-19(17)29-20)14-7-15(23)11-25-10-14/h3,5,7-8,10-11,16,18,20H,4,6,9,12H2,1-2H3,(H2,24,26). The van der Waals surface area contributed by atoms with Crippen LogP contribution in [0, 0.1) is 5.92 Å². The van der Waals surface area contributed by atoms with Crippen molar-refractivity contribution in [2.75, 3.05) is 20.7 Å². The van der Waals surface area contributed by atoms with Crippen LogP contribution in [0.4, 0.5) is 0 Å². The van der Waals surface area contributed by atoms with Gasteiger partial charge in [0.15, 0.2) is 0 Å². The van der Waals surface area contributed by atoms with Gasteiger partial charge < -0.3 is 20.1 Å². The number of aromatic nitrogens is 1. The number of nitrogens with two attached hydrogens (primary N) is 1. The number of hydrogen-bond donors (Lipinski definition) is 1. The van der Waals surface area contributed by atoms with Crippen molar-refractivity contribution >= 4 is 17.6 Å². The molecule has 3 heterocycles. The molecule has 3 aliphatic rings. The Morgan fingerprint density at radius 3 is 2.76 bits per heavy atom. The van der Waals surface area contributed by atoms with Crippen LogP contribution in [0.25, 0.3) is 11.1 Å². The van der Waals surface area contributed by atoms with E-state index in [1.54, 1.807) is 6.20 Å². The van der Waals surface area contributed by atoms with Gasteiger partial charge in [0.05, 0.1) is 5.02 Å². The highest BCUT2D eigenvalue weighted by molar-refractivity contribution is 6.30. The van der Waals surface area contributed by atoms with E-state index < -0.39 is 5.54 Å². The normalized spacial score (nSPS) is 30.3. The fourth-order valence-electron chi connectivity index (χ4n) is 5.09. The van der Waals surface area contributed by atoms with Crippen LogP contribution in [0.15, 0.2) is 41.7 Å². The summed E-state index contributed by atoms with van der Waals surface area (Å²) in [5.41, 5.74) is 8.54. The lowest BCUT2D eigenvalue weighted by molar-refractivity contribution is -0.0155. The Labute approximate surface area is 175 Å². The van der Waals surface area contributed by atoms with Crippen LogP contribution in [0.1, 0.15) is 24.8 Å². The molecule has 1 aromatic carbocycles. The van der Waals surface area contributed by atoms with Crippen molar-refractivity contribution in [3.63, 3.8) is 0 Å². The van der Waals surface area contributed by atoms with Crippen LogP contribution in [0.3, 0.4) is 0 Å². The van der Waals surface area contributed by atoms with Gasteiger partial charge in [0.25, 0.3) is 6.02 Å². The second-order valence-electron chi connectivity index (χ2n) is 8.46. The molecular formula is C22H25ClN4O2. The zero-order chi connectivity index (χ0) is 20.2. The number of rotatable bonds is 2. The molecule has 6 nitrogen and oxygen atoms in total. The number of hydrogen-bond acceptors (Lipinski definition) is 6. The molecule has 0 amide bonds. The van der Waals surface area contributed by atoms with Crippen molar-refractivity contribution in [3.8, 4) is 16.9 Å². The van der Waals surface area contributed by atoms with Crippen LogP contribution >= 0.6 is 11.6 Å². The van der Waals surface area contributed by atoms with Gasteiger partial charge in [-0.25, -0.2) is 4.99 Å². The molecular weight excluding hydrogens is 388 g/mol. The van der Waals surface area contributed by atoms with Gasteiger partial charge in [-0.05, 0) is 57.1 Å². The van der Waals surface area contributed by atoms with E-state index in [1.807, 2.05) is 18.3 Å². The molecule has 29 heavy (non-hydrogen) atoms. The number of fused-ring (bicyclic) bond motifs is 4. The summed E-state index contributed by atoms with van der Waals surface area (Å²) < 4.78 is 12.2. The number of amidine groups is 1. The number of ether oxygens (including phenoxy) is 2. The quantitative estimate of drug-likeness (QED) is 0.818. The number of pyridine rings is 1. The third kappa shape index (κ3) is 3.06. The number of aliphatic imine (C=N–C) groups is 1. The second kappa shape index (κ2) is 6.89. The first-order valence-electron chi connectivity index (χ1n) is 10.0. The number of nitrogens with zero attached hydrogens (tertiary/aromatic N) is 3. The minimum absolute atomic E-state index is 0.121. The molecule has 0 saturated heterocycles. The van der Waals surface area contributed by atoms with E-state index in [9.17, 15) is 0 Å². The maximum absolute atomic E-state index is 6.47. The summed E-state index contributed by atoms with van der Waals surface area (Å²) in [5, 5.41) is 0.610. The van der Waals surface area contributed by atoms with E-state index in [2.05, 4.69) is 36.1 Å². The van der Waals surface area contributed by atoms with E-state index in [0.717, 1.165) is 41.7 Å². The van der Waals surface area contributed by atoms with Gasteiger partial charge >= 0.3 is 0 Å². The molecule has 152 valence electrons. The lowest BCUT2D eigenvalue weighted by atomic mass is 9.67. The highest BCUT2D eigenvalue weighted by Gasteiger charge is 2.55. The summed E-state index contributed by atoms with van der Waals surface area (Å²) in [5.74, 6) is 1.08. The zero-order valence-electron chi connectivity index (χ0n) is 16.6. The molecule has 0 radical (unpaired) electrons. The summed E-state index contributed by atoms with van der Waals surface area (Å²) in [6.07, 6.45) is 6.70. The summed E-state index contributed by atoms with van der Waals surface area (Å²) in [4.78, 5) is 11.4. The van der Waals surface area contributed by atoms with Crippen molar-refractivity contribution in [3.05, 3.63) is 47.2 Å². The Kier molecular flexibility index (Phi) is 4.44. The summed E-state index contributed by atoms with van der Waals surface area (Å²) in [6, 6.07) is 8.90. The average molecular weight is 413 g/mol. The minimum Gasteiger partial charge on any atom is -0.490 e. The van der Waals surface area contributed by atoms with E-state index >= 15 is 0 Å². The van der Waals surface area contributed by atoms with E-state index in [-0.39, 0.29) is 18.0 Å². The molecule has 1 spiro atoms. The molecule has 2 aliphatic heterocycles. The van der Waals surface area contributed by atoms with Crippen molar-refractivity contribution in [2.45, 2.75) is 36.9 Å². The van der Waals surface area contributed by atoms with Crippen LogP contribution in [0.2, 0.25) is 5.02 Å². The maximum Gasteiger partial charge on any atom is 0.283 e. The average Bonchev–Trinajstić information content (AvgIpc) is 3.10. The Balaban J connectivity index is 1.63. The largest absolute Gasteiger partial charge is 0.490 e. The molecule has 5 rings (SSSR count). The maximum atomic E-state index is 6.47. The summed E-state index contributed by atoms with van der Waals surface area (Å²) in [7, 11) is 4.28. The molecule has 1 aliphatic carbocycles. The minimum atomic E-state index is -0.515. The van der Waals surface area contributed by atoms with Crippen molar-refractivity contribution < 1.29 is 9.47 Å². The topological polar surface area (TPSA) is 73.0 Å². The fraction of sp³-hybridized carbons (Fsp3) is 0.455. The first-order chi connectivity index (χ1) is 14.0. The smallest absolute Gasteiger partial charge is 0.283 e. The molecule has 2 aromatic rings. The highest BCUT2D eigenvalue weighted by atomic mass is 35.5. The van der Waals surface area contributed by atoms with Crippen LogP contribution in [-0.4, -0.2) is 48.8 Å². The molecule has 2 N–H and O–H groups in total. The molecule has 4 atom stereocenters. The predicted molar refractivity (Wildman–Crippen MR) is 113 cm³/mol. The summed E-state index contributed by atoms with van der Waals surface area (Å²) in [6.45, 7) is 0.452. The van der Waals surface area contributed by atoms with Crippen LogP contribution in [-0.2, 0) is 10.3 Å². The zero-order valence-corrected chi connectivity index (χ0v) is 17.4. The first kappa shape index (κ1) is 18.7. The van der Waals surface area contributed by atoms with Gasteiger partial charge in [0.2, 0.25) is 0 Å². The predicted octanol–water partition coefficient (Wildman–Crippen LogP) is 3.43. The lowest BCUT2D eigenvalue weighted by Crippen LogP contribution is -2.53. The molecule has 1 fully saturated rings. The van der Waals surface area contributed by atoms with E-state index in [4.69, 9.17) is 31.8 Å². The number of benzene rings is 1. The summed E-state index contributed by atoms with van der Waals surface area (Å²) >= 11 is 6.16. The van der Waals surface area contributed by atoms with Crippen LogP contribution in [0.5, 0.6) is 5.75 Å². The molecule has 4 unspecified atom stereocenters. The van der Waals surface area contributed by atoms with Crippen molar-refractivity contribution in [2.24, 2.45) is 16.6 Å². The second-order valence-corrected chi connectivity index (χ2v) is 8.90. The molecule has 0 bridgehead atoms. The van der Waals surface area contributed by atoms with Crippen molar-refractivity contribution in [1.82, 2.24) is 9.88 Å². The van der Waals surface area contributed by atoms with Gasteiger partial charge in [-0.2, -0.15) is 0 Å². The fourth-order valence-corrected chi connectivity index (χ4v) is 5.26. The Bertz CT molecular complexity index is 979. The molecule has 7 heteroatoms. The monoisotopic (exact) mass is 412 g/mol. The SMILES string of the molecule is CN(C)C1CCC2Oc3ccc(-c4cncc(Cl)c4)cc3C3(COC(N)=N3)C2C1. The first-order valence-corrected chi connectivity index (χ1v) is 10.4. The van der Waals surface area contributed by atoms with Gasteiger partial charge in [-0.1, -0.05) is 17.7 Å². The Morgan fingerprint density at radius 1 is 1.17 bits per heavy atom. The highest BCUT2D eigenvalue weighted by Crippen LogP contribution is 2.53. The molecule has 1 aromatic heterocycles. The molecule has 1 saturated carbocycles.